The van der Waals surface area contributed by atoms with Crippen LogP contribution in [0.1, 0.15) is 99.3 Å². The molecule has 0 aromatic heterocycles. The summed E-state index contributed by atoms with van der Waals surface area (Å²) in [6.07, 6.45) is -19.4. The molecular formula is C52H86O22. The lowest BCUT2D eigenvalue weighted by atomic mass is 9.47. The number of aliphatic hydroxyl groups excluding tert-OH is 12. The van der Waals surface area contributed by atoms with E-state index in [1.54, 1.807) is 7.11 Å². The Bertz CT molecular complexity index is 1920. The molecule has 0 spiro atoms. The van der Waals surface area contributed by atoms with Crippen molar-refractivity contribution in [2.75, 3.05) is 26.9 Å². The zero-order valence-electron chi connectivity index (χ0n) is 43.7. The van der Waals surface area contributed by atoms with Crippen molar-refractivity contribution >= 4 is 0 Å². The lowest BCUT2D eigenvalue weighted by Gasteiger charge is -2.58. The van der Waals surface area contributed by atoms with Crippen LogP contribution in [0, 0.1) is 46.3 Å². The van der Waals surface area contributed by atoms with E-state index in [1.165, 1.54) is 19.4 Å². The highest BCUT2D eigenvalue weighted by Crippen LogP contribution is 2.70. The fraction of sp³-hybridized carbons (Fsp3) is 0.962. The molecule has 9 unspecified atom stereocenters. The first-order valence-corrected chi connectivity index (χ1v) is 27.2. The first kappa shape index (κ1) is 57.5. The molecule has 8 fully saturated rings. The predicted molar refractivity (Wildman–Crippen MR) is 254 cm³/mol. The number of fused-ring (bicyclic) bond motifs is 7. The maximum absolute atomic E-state index is 12.1. The van der Waals surface area contributed by atoms with Gasteiger partial charge in [0.1, 0.15) is 85.5 Å². The number of hydrogen-bond acceptors (Lipinski definition) is 22. The normalized spacial score (nSPS) is 54.9. The molecule has 9 rings (SSSR count). The van der Waals surface area contributed by atoms with Gasteiger partial charge in [-0.15, -0.1) is 0 Å². The summed E-state index contributed by atoms with van der Waals surface area (Å²) < 4.78 is 61.5. The largest absolute Gasteiger partial charge is 0.394 e. The zero-order chi connectivity index (χ0) is 53.5. The molecule has 9 aliphatic rings. The quantitative estimate of drug-likeness (QED) is 0.0846. The van der Waals surface area contributed by atoms with Gasteiger partial charge in [-0.05, 0) is 106 Å². The van der Waals surface area contributed by atoms with Crippen molar-refractivity contribution in [3.63, 3.8) is 0 Å². The van der Waals surface area contributed by atoms with Crippen LogP contribution in [0.25, 0.3) is 0 Å². The third kappa shape index (κ3) is 10.1. The molecule has 0 amide bonds. The van der Waals surface area contributed by atoms with Crippen LogP contribution in [0.3, 0.4) is 0 Å². The van der Waals surface area contributed by atoms with E-state index in [9.17, 15) is 61.3 Å². The topological polar surface area (TPSA) is 335 Å². The van der Waals surface area contributed by atoms with E-state index in [4.69, 9.17) is 47.4 Å². The predicted octanol–water partition coefficient (Wildman–Crippen LogP) is -1.33. The Morgan fingerprint density at radius 2 is 1.24 bits per heavy atom. The van der Waals surface area contributed by atoms with Crippen LogP contribution in [0.2, 0.25) is 0 Å². The van der Waals surface area contributed by atoms with Crippen LogP contribution in [0.4, 0.5) is 0 Å². The number of aliphatic hydroxyl groups is 12. The Hall–Kier alpha value is -1.14. The number of rotatable bonds is 15. The Kier molecular flexibility index (Phi) is 17.4. The second kappa shape index (κ2) is 22.4. The highest BCUT2D eigenvalue weighted by atomic mass is 16.8. The van der Waals surface area contributed by atoms with Gasteiger partial charge >= 0.3 is 0 Å². The highest BCUT2D eigenvalue weighted by molar-refractivity contribution is 5.26. The van der Waals surface area contributed by atoms with Crippen LogP contribution < -0.4 is 0 Å². The molecule has 12 N–H and O–H groups in total. The SMILES string of the molecule is COC1(CCC(C)CO[C@@H]2O[C@H](CO)[C@@H](O)[C@H](O)[C@H]2O)OC2CC3C4CC=C5CC(O[C@@H]6O[C@H](CO)[C@@H](O[C@@H]7O[C@H](C)[C@@H](O)[C@@H](O)[C@H]7O)[C@H](O)[C@H]6O[C@@H]6O[C@H](C)[C@H](O)[C@@H](O)[C@H]6O)CC[C@]5(C)C4CC[C@]3(C)C2C1C. The summed E-state index contributed by atoms with van der Waals surface area (Å²) in [6.45, 7) is 11.1. The summed E-state index contributed by atoms with van der Waals surface area (Å²) in [6, 6.07) is 0. The van der Waals surface area contributed by atoms with E-state index in [0.717, 1.165) is 32.1 Å². The van der Waals surface area contributed by atoms with Gasteiger partial charge in [-0.25, -0.2) is 0 Å². The number of hydrogen-bond donors (Lipinski definition) is 12. The standard InChI is InChI=1S/C52H86O22/c1-21(20-66-46-40(61)39(60)36(57)31(18-53)70-46)10-15-52(65-7)22(2)33-30(74-52)17-29-27-9-8-25-16-26(11-13-50(25,5)28(27)12-14-51(29,33)6)69-49-45(73-48-42(63)38(59)35(56)24(4)68-48)43(64)44(32(19-54)71-49)72-47-41(62)37(58)34(55)23(3)67-47/h8,21-24,26-49,53-64H,9-20H2,1-7H3/t21?,22?,23-,24-,26?,27?,28?,29?,30?,31-,32-,33?,34-,35+,36-,37-,38-,39+,40-,41-,42-,43+,44-,45-,46-,47+,48+,49-,50+,51+,52?/m1/s1. The van der Waals surface area contributed by atoms with E-state index >= 15 is 0 Å². The second-order valence-electron chi connectivity index (χ2n) is 24.0. The second-order valence-corrected chi connectivity index (χ2v) is 24.0. The van der Waals surface area contributed by atoms with Gasteiger partial charge in [-0.1, -0.05) is 39.3 Å². The summed E-state index contributed by atoms with van der Waals surface area (Å²) in [5.74, 6) is 0.884. The van der Waals surface area contributed by atoms with E-state index in [2.05, 4.69) is 26.8 Å². The maximum atomic E-state index is 12.1. The number of allylic oxidation sites excluding steroid dienone is 1. The Morgan fingerprint density at radius 3 is 1.86 bits per heavy atom. The molecule has 74 heavy (non-hydrogen) atoms. The minimum atomic E-state index is -1.74. The fourth-order valence-corrected chi connectivity index (χ4v) is 15.3. The van der Waals surface area contributed by atoms with Gasteiger partial charge in [0.15, 0.2) is 30.9 Å². The summed E-state index contributed by atoms with van der Waals surface area (Å²) in [5.41, 5.74) is 1.19. The number of ether oxygens (including phenoxy) is 10. The Morgan fingerprint density at radius 1 is 0.649 bits per heavy atom. The average Bonchev–Trinajstić information content (AvgIpc) is 3.84. The molecule has 3 saturated carbocycles. The number of methoxy groups -OCH3 is 1. The molecule has 22 nitrogen and oxygen atoms in total. The molecule has 4 aliphatic carbocycles. The van der Waals surface area contributed by atoms with Gasteiger partial charge in [-0.3, -0.25) is 0 Å². The van der Waals surface area contributed by atoms with E-state index in [1.807, 2.05) is 6.92 Å². The lowest BCUT2D eigenvalue weighted by Crippen LogP contribution is -2.66. The van der Waals surface area contributed by atoms with Crippen molar-refractivity contribution in [3.05, 3.63) is 11.6 Å². The van der Waals surface area contributed by atoms with Crippen LogP contribution in [-0.4, -0.2) is 229 Å². The average molecular weight is 1060 g/mol. The molecule has 22 heteroatoms. The minimum absolute atomic E-state index is 0.00465. The van der Waals surface area contributed by atoms with Crippen molar-refractivity contribution in [2.24, 2.45) is 46.3 Å². The van der Waals surface area contributed by atoms with Gasteiger partial charge in [0.2, 0.25) is 0 Å². The van der Waals surface area contributed by atoms with Gasteiger partial charge < -0.3 is 109 Å². The third-order valence-electron chi connectivity index (χ3n) is 19.8. The van der Waals surface area contributed by atoms with Gasteiger partial charge in [0, 0.05) is 19.4 Å². The summed E-state index contributed by atoms with van der Waals surface area (Å²) in [5, 5.41) is 127. The fourth-order valence-electron chi connectivity index (χ4n) is 15.3. The summed E-state index contributed by atoms with van der Waals surface area (Å²) in [7, 11) is 1.72. The summed E-state index contributed by atoms with van der Waals surface area (Å²) >= 11 is 0. The Balaban J connectivity index is 0.854. The first-order valence-electron chi connectivity index (χ1n) is 27.2. The molecule has 5 heterocycles. The van der Waals surface area contributed by atoms with Crippen molar-refractivity contribution < 1.29 is 109 Å². The zero-order valence-corrected chi connectivity index (χ0v) is 43.7. The molecule has 0 bridgehead atoms. The van der Waals surface area contributed by atoms with Crippen LogP contribution in [0.15, 0.2) is 11.6 Å². The lowest BCUT2D eigenvalue weighted by molar-refractivity contribution is -0.388. The van der Waals surface area contributed by atoms with Crippen LogP contribution in [0.5, 0.6) is 0 Å². The monoisotopic (exact) mass is 1060 g/mol. The van der Waals surface area contributed by atoms with Crippen molar-refractivity contribution in [3.8, 4) is 0 Å². The Labute approximate surface area is 432 Å². The molecular weight excluding hydrogens is 977 g/mol. The first-order chi connectivity index (χ1) is 35.0. The molecule has 0 aromatic carbocycles. The summed E-state index contributed by atoms with van der Waals surface area (Å²) in [4.78, 5) is 0. The van der Waals surface area contributed by atoms with Crippen LogP contribution >= 0.6 is 0 Å². The van der Waals surface area contributed by atoms with Crippen LogP contribution in [-0.2, 0) is 47.4 Å². The molecule has 5 aliphatic heterocycles. The highest BCUT2D eigenvalue weighted by Gasteiger charge is 2.68. The van der Waals surface area contributed by atoms with E-state index in [0.29, 0.717) is 43.4 Å². The van der Waals surface area contributed by atoms with Crippen molar-refractivity contribution in [1.29, 1.82) is 0 Å². The molecule has 0 radical (unpaired) electrons. The van der Waals surface area contributed by atoms with E-state index in [-0.39, 0.29) is 41.3 Å². The molecule has 5 saturated heterocycles. The third-order valence-corrected chi connectivity index (χ3v) is 19.8. The van der Waals surface area contributed by atoms with Crippen molar-refractivity contribution in [2.45, 2.75) is 240 Å². The molecule has 426 valence electrons. The van der Waals surface area contributed by atoms with Crippen molar-refractivity contribution in [1.82, 2.24) is 0 Å². The van der Waals surface area contributed by atoms with E-state index < -0.39 is 148 Å². The van der Waals surface area contributed by atoms with Gasteiger partial charge in [-0.2, -0.15) is 0 Å². The maximum Gasteiger partial charge on any atom is 0.187 e. The molecule has 0 aromatic rings. The smallest absolute Gasteiger partial charge is 0.187 e. The molecule has 31 atom stereocenters. The minimum Gasteiger partial charge on any atom is -0.394 e. The van der Waals surface area contributed by atoms with Gasteiger partial charge in [0.05, 0.1) is 44.2 Å². The van der Waals surface area contributed by atoms with Gasteiger partial charge in [0.25, 0.3) is 0 Å².